The predicted molar refractivity (Wildman–Crippen MR) is 99.8 cm³/mol. The number of benzene rings is 2. The average molecular weight is 385 g/mol. The molecule has 0 bridgehead atoms. The van der Waals surface area contributed by atoms with Gasteiger partial charge in [-0.05, 0) is 48.5 Å². The van der Waals surface area contributed by atoms with Crippen molar-refractivity contribution in [2.24, 2.45) is 0 Å². The molecule has 4 rings (SSSR count). The molecule has 1 amide bonds. The van der Waals surface area contributed by atoms with Crippen molar-refractivity contribution in [3.05, 3.63) is 78.4 Å². The molecule has 0 radical (unpaired) electrons. The summed E-state index contributed by atoms with van der Waals surface area (Å²) in [6.45, 7) is 0. The number of carbonyl (C=O) groups excluding carboxylic acids is 1. The van der Waals surface area contributed by atoms with Crippen LogP contribution in [0.4, 0.5) is 15.8 Å². The summed E-state index contributed by atoms with van der Waals surface area (Å²) in [6.07, 6.45) is 0. The molecular formula is C18H12FN3O2S2. The van der Waals surface area contributed by atoms with E-state index in [0.29, 0.717) is 5.69 Å². The van der Waals surface area contributed by atoms with Crippen LogP contribution in [0.2, 0.25) is 0 Å². The minimum Gasteiger partial charge on any atom is -0.321 e. The molecule has 5 nitrogen and oxygen atoms in total. The summed E-state index contributed by atoms with van der Waals surface area (Å²) < 4.78 is 27.4. The Balaban J connectivity index is 1.49. The summed E-state index contributed by atoms with van der Waals surface area (Å²) >= 11 is 1.41. The van der Waals surface area contributed by atoms with Crippen LogP contribution in [0.3, 0.4) is 0 Å². The van der Waals surface area contributed by atoms with E-state index >= 15 is 0 Å². The predicted octanol–water partition coefficient (Wildman–Crippen LogP) is 4.02. The third-order valence-corrected chi connectivity index (χ3v) is 6.59. The molecule has 0 aliphatic carbocycles. The second kappa shape index (κ2) is 6.89. The summed E-state index contributed by atoms with van der Waals surface area (Å²) in [4.78, 5) is 17.4. The number of hydrogen-bond acceptors (Lipinski definition) is 4. The van der Waals surface area contributed by atoms with E-state index < -0.39 is 22.8 Å². The SMILES string of the molecule is O=C(Nc1ccc(N2Sc3ccccc3S2=O)cc1)c1cccc(F)n1. The highest BCUT2D eigenvalue weighted by Crippen LogP contribution is 2.42. The van der Waals surface area contributed by atoms with Crippen LogP contribution in [-0.2, 0) is 11.0 Å². The normalized spacial score (nSPS) is 15.6. The Hall–Kier alpha value is -2.71. The number of rotatable bonds is 3. The third kappa shape index (κ3) is 3.21. The number of halogens is 1. The lowest BCUT2D eigenvalue weighted by atomic mass is 10.2. The Morgan fingerprint density at radius 2 is 1.81 bits per heavy atom. The number of anilines is 2. The molecule has 3 aromatic rings. The first-order valence-electron chi connectivity index (χ1n) is 7.65. The Morgan fingerprint density at radius 1 is 1.04 bits per heavy atom. The summed E-state index contributed by atoms with van der Waals surface area (Å²) in [5, 5.41) is 2.66. The maximum Gasteiger partial charge on any atom is 0.274 e. The van der Waals surface area contributed by atoms with Crippen LogP contribution in [-0.4, -0.2) is 15.1 Å². The quantitative estimate of drug-likeness (QED) is 0.546. The highest BCUT2D eigenvalue weighted by Gasteiger charge is 2.28. The van der Waals surface area contributed by atoms with Crippen molar-refractivity contribution in [2.75, 3.05) is 9.03 Å². The first-order valence-corrected chi connectivity index (χ1v) is 9.53. The summed E-state index contributed by atoms with van der Waals surface area (Å²) in [5.74, 6) is -1.20. The fourth-order valence-corrected chi connectivity index (χ4v) is 5.14. The van der Waals surface area contributed by atoms with Crippen molar-refractivity contribution in [3.63, 3.8) is 0 Å². The van der Waals surface area contributed by atoms with Gasteiger partial charge in [0.1, 0.15) is 5.69 Å². The van der Waals surface area contributed by atoms with Crippen molar-refractivity contribution in [2.45, 2.75) is 9.79 Å². The zero-order chi connectivity index (χ0) is 18.1. The minimum atomic E-state index is -1.28. The number of nitrogens with one attached hydrogen (secondary N) is 1. The van der Waals surface area contributed by atoms with E-state index in [0.717, 1.165) is 15.5 Å². The largest absolute Gasteiger partial charge is 0.321 e. The molecule has 1 N–H and O–H groups in total. The van der Waals surface area contributed by atoms with Gasteiger partial charge in [-0.1, -0.05) is 18.2 Å². The van der Waals surface area contributed by atoms with Gasteiger partial charge in [0.25, 0.3) is 5.91 Å². The van der Waals surface area contributed by atoms with Gasteiger partial charge in [-0.2, -0.15) is 4.39 Å². The van der Waals surface area contributed by atoms with E-state index in [2.05, 4.69) is 10.3 Å². The molecule has 2 aromatic carbocycles. The van der Waals surface area contributed by atoms with E-state index in [1.807, 2.05) is 24.3 Å². The minimum absolute atomic E-state index is 0.000674. The van der Waals surface area contributed by atoms with Crippen molar-refractivity contribution in [3.8, 4) is 0 Å². The van der Waals surface area contributed by atoms with Crippen molar-refractivity contribution in [1.29, 1.82) is 0 Å². The monoisotopic (exact) mass is 385 g/mol. The lowest BCUT2D eigenvalue weighted by Gasteiger charge is -2.14. The summed E-state index contributed by atoms with van der Waals surface area (Å²) in [7, 11) is -1.28. The second-order valence-corrected chi connectivity index (χ2v) is 7.91. The highest BCUT2D eigenvalue weighted by atomic mass is 32.2. The molecule has 2 heterocycles. The second-order valence-electron chi connectivity index (χ2n) is 5.39. The maximum atomic E-state index is 13.1. The van der Waals surface area contributed by atoms with Crippen LogP contribution in [0.5, 0.6) is 0 Å². The standard InChI is InChI=1S/C18H12FN3O2S2/c19-17-7-3-4-14(21-17)18(23)20-12-8-10-13(11-9-12)22-25-15-5-1-2-6-16(15)26(22)24/h1-11H,(H,20,23). The molecule has 1 aliphatic rings. The van der Waals surface area contributed by atoms with E-state index in [1.54, 1.807) is 28.0 Å². The third-order valence-electron chi connectivity index (χ3n) is 3.65. The van der Waals surface area contributed by atoms with E-state index in [9.17, 15) is 13.4 Å². The van der Waals surface area contributed by atoms with Crippen molar-refractivity contribution >= 4 is 40.2 Å². The Labute approximate surface area is 156 Å². The van der Waals surface area contributed by atoms with Gasteiger partial charge < -0.3 is 5.32 Å². The lowest BCUT2D eigenvalue weighted by molar-refractivity contribution is 0.102. The van der Waals surface area contributed by atoms with Gasteiger partial charge >= 0.3 is 0 Å². The Morgan fingerprint density at radius 3 is 2.54 bits per heavy atom. The van der Waals surface area contributed by atoms with Gasteiger partial charge in [0.2, 0.25) is 5.95 Å². The molecule has 1 atom stereocenters. The van der Waals surface area contributed by atoms with Crippen LogP contribution < -0.4 is 9.03 Å². The van der Waals surface area contributed by atoms with Crippen LogP contribution in [0.25, 0.3) is 0 Å². The summed E-state index contributed by atoms with van der Waals surface area (Å²) in [5.41, 5.74) is 1.30. The zero-order valence-electron chi connectivity index (χ0n) is 13.3. The topological polar surface area (TPSA) is 62.3 Å². The van der Waals surface area contributed by atoms with Crippen LogP contribution >= 0.6 is 11.9 Å². The fraction of sp³-hybridized carbons (Fsp3) is 0. The molecule has 1 aliphatic heterocycles. The number of amides is 1. The number of nitrogens with zero attached hydrogens (tertiary/aromatic N) is 2. The van der Waals surface area contributed by atoms with Crippen molar-refractivity contribution < 1.29 is 13.4 Å². The Bertz CT molecular complexity index is 1010. The Kier molecular flexibility index (Phi) is 4.44. The van der Waals surface area contributed by atoms with Gasteiger partial charge in [-0.3, -0.25) is 4.79 Å². The highest BCUT2D eigenvalue weighted by molar-refractivity contribution is 8.14. The number of hydrogen-bond donors (Lipinski definition) is 1. The van der Waals surface area contributed by atoms with Gasteiger partial charge in [-0.15, -0.1) is 0 Å². The molecule has 0 saturated heterocycles. The molecular weight excluding hydrogens is 373 g/mol. The maximum absolute atomic E-state index is 13.1. The van der Waals surface area contributed by atoms with Gasteiger partial charge in [-0.25, -0.2) is 12.9 Å². The van der Waals surface area contributed by atoms with E-state index in [-0.39, 0.29) is 5.69 Å². The summed E-state index contributed by atoms with van der Waals surface area (Å²) in [6, 6.07) is 18.5. The van der Waals surface area contributed by atoms with Crippen LogP contribution in [0.1, 0.15) is 10.5 Å². The zero-order valence-corrected chi connectivity index (χ0v) is 14.9. The van der Waals surface area contributed by atoms with Gasteiger partial charge in [0, 0.05) is 22.5 Å². The first kappa shape index (κ1) is 16.7. The van der Waals surface area contributed by atoms with Crippen LogP contribution in [0.15, 0.2) is 76.5 Å². The number of carbonyl (C=O) groups is 1. The molecule has 0 spiro atoms. The number of fused-ring (bicyclic) bond motifs is 1. The van der Waals surface area contributed by atoms with Gasteiger partial charge in [0.05, 0.1) is 10.6 Å². The lowest BCUT2D eigenvalue weighted by Crippen LogP contribution is -2.15. The van der Waals surface area contributed by atoms with E-state index in [4.69, 9.17) is 0 Å². The molecule has 26 heavy (non-hydrogen) atoms. The number of aromatic nitrogens is 1. The molecule has 130 valence electrons. The number of pyridine rings is 1. The van der Waals surface area contributed by atoms with Gasteiger partial charge in [0.15, 0.2) is 11.0 Å². The fourth-order valence-electron chi connectivity index (χ4n) is 2.43. The molecule has 8 heteroatoms. The van der Waals surface area contributed by atoms with E-state index in [1.165, 1.54) is 30.1 Å². The van der Waals surface area contributed by atoms with Crippen molar-refractivity contribution in [1.82, 2.24) is 4.98 Å². The smallest absolute Gasteiger partial charge is 0.274 e. The van der Waals surface area contributed by atoms with Crippen LogP contribution in [0, 0.1) is 5.95 Å². The molecule has 0 fully saturated rings. The molecule has 1 unspecified atom stereocenters. The first-order chi connectivity index (χ1) is 12.6. The molecule has 0 saturated carbocycles. The molecule has 1 aromatic heterocycles. The average Bonchev–Trinajstić information content (AvgIpc) is 2.99.